The van der Waals surface area contributed by atoms with Gasteiger partial charge in [0.05, 0.1) is 5.56 Å². The molecule has 1 aliphatic heterocycles. The summed E-state index contributed by atoms with van der Waals surface area (Å²) in [5, 5.41) is 12.3. The molecular formula is C15H23N3O2. The molecular weight excluding hydrogens is 254 g/mol. The van der Waals surface area contributed by atoms with Crippen molar-refractivity contribution in [2.24, 2.45) is 0 Å². The molecule has 1 fully saturated rings. The van der Waals surface area contributed by atoms with Gasteiger partial charge >= 0.3 is 0 Å². The van der Waals surface area contributed by atoms with Crippen LogP contribution in [0.1, 0.15) is 36.5 Å². The highest BCUT2D eigenvalue weighted by atomic mass is 16.3. The summed E-state index contributed by atoms with van der Waals surface area (Å²) in [7, 11) is 0. The van der Waals surface area contributed by atoms with Crippen LogP contribution in [0.5, 0.6) is 5.75 Å². The van der Waals surface area contributed by atoms with Crippen LogP contribution in [0.4, 0.5) is 5.69 Å². The zero-order valence-corrected chi connectivity index (χ0v) is 11.9. The number of nitrogen functional groups attached to an aromatic ring is 1. The zero-order chi connectivity index (χ0) is 14.5. The van der Waals surface area contributed by atoms with Gasteiger partial charge in [-0.05, 0) is 51.1 Å². The van der Waals surface area contributed by atoms with Gasteiger partial charge in [-0.15, -0.1) is 0 Å². The summed E-state index contributed by atoms with van der Waals surface area (Å²) in [6.07, 6.45) is 3.77. The molecule has 1 atom stereocenters. The van der Waals surface area contributed by atoms with E-state index in [9.17, 15) is 9.90 Å². The molecule has 0 radical (unpaired) electrons. The van der Waals surface area contributed by atoms with E-state index in [2.05, 4.69) is 17.1 Å². The van der Waals surface area contributed by atoms with Crippen molar-refractivity contribution in [1.82, 2.24) is 10.2 Å². The summed E-state index contributed by atoms with van der Waals surface area (Å²) in [4.78, 5) is 14.5. The number of phenolic OH excluding ortho intramolecular Hbond substituents is 1. The average Bonchev–Trinajstić information content (AvgIpc) is 2.47. The van der Waals surface area contributed by atoms with E-state index in [1.54, 1.807) is 0 Å². The Morgan fingerprint density at radius 1 is 1.40 bits per heavy atom. The van der Waals surface area contributed by atoms with Crippen LogP contribution in [-0.2, 0) is 0 Å². The van der Waals surface area contributed by atoms with E-state index < -0.39 is 0 Å². The van der Waals surface area contributed by atoms with Crippen LogP contribution in [0.15, 0.2) is 18.2 Å². The van der Waals surface area contributed by atoms with Gasteiger partial charge in [-0.3, -0.25) is 9.69 Å². The van der Waals surface area contributed by atoms with Crippen LogP contribution >= 0.6 is 0 Å². The molecule has 1 aromatic rings. The van der Waals surface area contributed by atoms with Gasteiger partial charge < -0.3 is 16.2 Å². The van der Waals surface area contributed by atoms with Crippen molar-refractivity contribution in [3.05, 3.63) is 23.8 Å². The van der Waals surface area contributed by atoms with Crippen LogP contribution in [-0.4, -0.2) is 41.6 Å². The quantitative estimate of drug-likeness (QED) is 0.577. The van der Waals surface area contributed by atoms with E-state index >= 15 is 0 Å². The number of amides is 1. The fourth-order valence-electron chi connectivity index (χ4n) is 2.56. The smallest absolute Gasteiger partial charge is 0.253 e. The fourth-order valence-corrected chi connectivity index (χ4v) is 2.56. The Labute approximate surface area is 119 Å². The van der Waals surface area contributed by atoms with E-state index in [0.29, 0.717) is 23.8 Å². The normalized spacial score (nSPS) is 17.6. The van der Waals surface area contributed by atoms with Crippen molar-refractivity contribution >= 4 is 11.6 Å². The molecule has 5 nitrogen and oxygen atoms in total. The molecule has 1 amide bonds. The summed E-state index contributed by atoms with van der Waals surface area (Å²) in [6.45, 7) is 4.92. The predicted octanol–water partition coefficient (Wildman–Crippen LogP) is 1.58. The van der Waals surface area contributed by atoms with Gasteiger partial charge in [0.1, 0.15) is 5.75 Å². The van der Waals surface area contributed by atoms with Gasteiger partial charge in [-0.2, -0.15) is 0 Å². The highest BCUT2D eigenvalue weighted by Gasteiger charge is 2.18. The Kier molecular flexibility index (Phi) is 4.84. The number of carbonyl (C=O) groups is 1. The van der Waals surface area contributed by atoms with Crippen LogP contribution in [0.2, 0.25) is 0 Å². The Bertz CT molecular complexity index is 470. The first-order valence-corrected chi connectivity index (χ1v) is 7.18. The molecule has 1 aliphatic rings. The molecule has 0 saturated carbocycles. The molecule has 110 valence electrons. The zero-order valence-electron chi connectivity index (χ0n) is 11.9. The lowest BCUT2D eigenvalue weighted by atomic mass is 10.1. The molecule has 2 rings (SSSR count). The number of benzene rings is 1. The molecule has 1 heterocycles. The number of likely N-dealkylation sites (tertiary alicyclic amines) is 1. The standard InChI is InChI=1S/C15H23N3O2/c1-11(18-7-3-2-4-8-18)10-17-15(20)13-9-12(19)5-6-14(13)16/h5-6,9,11,19H,2-4,7-8,10,16H2,1H3,(H,17,20). The summed E-state index contributed by atoms with van der Waals surface area (Å²) in [5.74, 6) is -0.185. The first kappa shape index (κ1) is 14.7. The van der Waals surface area contributed by atoms with Crippen molar-refractivity contribution in [2.45, 2.75) is 32.2 Å². The lowest BCUT2D eigenvalue weighted by Crippen LogP contribution is -2.44. The van der Waals surface area contributed by atoms with Gasteiger partial charge in [0.15, 0.2) is 0 Å². The Balaban J connectivity index is 1.89. The van der Waals surface area contributed by atoms with Crippen LogP contribution < -0.4 is 11.1 Å². The number of nitrogens with two attached hydrogens (primary N) is 1. The number of carbonyl (C=O) groups excluding carboxylic acids is 1. The third-order valence-electron chi connectivity index (χ3n) is 3.85. The first-order chi connectivity index (χ1) is 9.58. The fraction of sp³-hybridized carbons (Fsp3) is 0.533. The number of nitrogens with one attached hydrogen (secondary N) is 1. The van der Waals surface area contributed by atoms with E-state index in [4.69, 9.17) is 5.73 Å². The number of hydrogen-bond acceptors (Lipinski definition) is 4. The minimum atomic E-state index is -0.234. The maximum absolute atomic E-state index is 12.1. The maximum atomic E-state index is 12.1. The molecule has 0 spiro atoms. The Hall–Kier alpha value is -1.75. The number of nitrogens with zero attached hydrogens (tertiary/aromatic N) is 1. The molecule has 0 bridgehead atoms. The number of phenols is 1. The van der Waals surface area contributed by atoms with Crippen molar-refractivity contribution < 1.29 is 9.90 Å². The lowest BCUT2D eigenvalue weighted by molar-refractivity contribution is 0.0930. The van der Waals surface area contributed by atoms with Gasteiger partial charge in [0.2, 0.25) is 0 Å². The van der Waals surface area contributed by atoms with Crippen molar-refractivity contribution in [3.63, 3.8) is 0 Å². The predicted molar refractivity (Wildman–Crippen MR) is 79.7 cm³/mol. The molecule has 1 aromatic carbocycles. The number of anilines is 1. The third kappa shape index (κ3) is 3.63. The van der Waals surface area contributed by atoms with Gasteiger partial charge in [-0.1, -0.05) is 6.42 Å². The third-order valence-corrected chi connectivity index (χ3v) is 3.85. The molecule has 5 heteroatoms. The molecule has 1 saturated heterocycles. The molecule has 0 aromatic heterocycles. The van der Waals surface area contributed by atoms with E-state index in [1.807, 2.05) is 0 Å². The molecule has 20 heavy (non-hydrogen) atoms. The molecule has 0 aliphatic carbocycles. The number of aromatic hydroxyl groups is 1. The summed E-state index contributed by atoms with van der Waals surface area (Å²) >= 11 is 0. The Morgan fingerprint density at radius 3 is 2.80 bits per heavy atom. The van der Waals surface area contributed by atoms with Crippen LogP contribution in [0, 0.1) is 0 Å². The monoisotopic (exact) mass is 277 g/mol. The average molecular weight is 277 g/mol. The number of hydrogen-bond donors (Lipinski definition) is 3. The van der Waals surface area contributed by atoms with Crippen molar-refractivity contribution in [2.75, 3.05) is 25.4 Å². The van der Waals surface area contributed by atoms with E-state index in [0.717, 1.165) is 13.1 Å². The number of piperidine rings is 1. The van der Waals surface area contributed by atoms with Crippen LogP contribution in [0.25, 0.3) is 0 Å². The second-order valence-electron chi connectivity index (χ2n) is 5.43. The number of rotatable bonds is 4. The molecule has 1 unspecified atom stereocenters. The van der Waals surface area contributed by atoms with Crippen molar-refractivity contribution in [1.29, 1.82) is 0 Å². The van der Waals surface area contributed by atoms with Gasteiger partial charge in [-0.25, -0.2) is 0 Å². The lowest BCUT2D eigenvalue weighted by Gasteiger charge is -2.32. The largest absolute Gasteiger partial charge is 0.508 e. The van der Waals surface area contributed by atoms with Crippen LogP contribution in [0.3, 0.4) is 0 Å². The minimum Gasteiger partial charge on any atom is -0.508 e. The summed E-state index contributed by atoms with van der Waals surface area (Å²) in [6, 6.07) is 4.73. The summed E-state index contributed by atoms with van der Waals surface area (Å²) < 4.78 is 0. The Morgan fingerprint density at radius 2 is 2.10 bits per heavy atom. The second kappa shape index (κ2) is 6.61. The highest BCUT2D eigenvalue weighted by molar-refractivity contribution is 5.99. The molecule has 4 N–H and O–H groups in total. The maximum Gasteiger partial charge on any atom is 0.253 e. The van der Waals surface area contributed by atoms with E-state index in [-0.39, 0.29) is 11.7 Å². The highest BCUT2D eigenvalue weighted by Crippen LogP contribution is 2.18. The van der Waals surface area contributed by atoms with Crippen molar-refractivity contribution in [3.8, 4) is 5.75 Å². The summed E-state index contributed by atoms with van der Waals surface area (Å²) in [5.41, 5.74) is 6.47. The van der Waals surface area contributed by atoms with Gasteiger partial charge in [0.25, 0.3) is 5.91 Å². The first-order valence-electron chi connectivity index (χ1n) is 7.18. The SMILES string of the molecule is CC(CNC(=O)c1cc(O)ccc1N)N1CCCCC1. The second-order valence-corrected chi connectivity index (χ2v) is 5.43. The van der Waals surface area contributed by atoms with Gasteiger partial charge in [0, 0.05) is 18.3 Å². The topological polar surface area (TPSA) is 78.6 Å². The minimum absolute atomic E-state index is 0.0495. The van der Waals surface area contributed by atoms with E-state index in [1.165, 1.54) is 37.5 Å².